The predicted molar refractivity (Wildman–Crippen MR) is 87.2 cm³/mol. The van der Waals surface area contributed by atoms with E-state index >= 15 is 0 Å². The smallest absolute Gasteiger partial charge is 0.160 e. The van der Waals surface area contributed by atoms with E-state index in [2.05, 4.69) is 18.8 Å². The topological polar surface area (TPSA) is 29.1 Å². The van der Waals surface area contributed by atoms with E-state index in [0.717, 1.165) is 34.5 Å². The highest BCUT2D eigenvalue weighted by molar-refractivity contribution is 5.96. The van der Waals surface area contributed by atoms with Crippen molar-refractivity contribution in [2.24, 2.45) is 0 Å². The number of carbonyl (C=O) groups excluding carboxylic acids is 1. The first-order valence-electron chi connectivity index (χ1n) is 6.89. The van der Waals surface area contributed by atoms with Gasteiger partial charge in [0, 0.05) is 16.9 Å². The van der Waals surface area contributed by atoms with Crippen LogP contribution in [0.15, 0.2) is 54.3 Å². The van der Waals surface area contributed by atoms with Gasteiger partial charge in [-0.15, -0.1) is 0 Å². The summed E-state index contributed by atoms with van der Waals surface area (Å²) in [7, 11) is 0. The molecule has 0 heterocycles. The molecular formula is C18H23NO. The molecular weight excluding hydrogens is 246 g/mol. The number of aryl methyl sites for hydroxylation is 1. The van der Waals surface area contributed by atoms with E-state index < -0.39 is 0 Å². The van der Waals surface area contributed by atoms with E-state index in [1.165, 1.54) is 0 Å². The van der Waals surface area contributed by atoms with Crippen LogP contribution in [0.3, 0.4) is 0 Å². The molecule has 1 N–H and O–H groups in total. The molecule has 0 radical (unpaired) electrons. The second-order valence-electron chi connectivity index (χ2n) is 4.79. The third kappa shape index (κ3) is 4.23. The molecule has 106 valence electrons. The molecule has 0 aliphatic carbocycles. The average molecular weight is 269 g/mol. The molecule has 0 aliphatic heterocycles. The van der Waals surface area contributed by atoms with Crippen molar-refractivity contribution in [3.63, 3.8) is 0 Å². The molecule has 0 aliphatic rings. The van der Waals surface area contributed by atoms with E-state index in [-0.39, 0.29) is 5.78 Å². The normalized spacial score (nSPS) is 11.7. The van der Waals surface area contributed by atoms with Gasteiger partial charge in [-0.1, -0.05) is 25.7 Å². The Morgan fingerprint density at radius 1 is 1.35 bits per heavy atom. The third-order valence-electron chi connectivity index (χ3n) is 3.06. The molecule has 0 fully saturated rings. The quantitative estimate of drug-likeness (QED) is 0.588. The van der Waals surface area contributed by atoms with Crippen LogP contribution in [0.5, 0.6) is 0 Å². The van der Waals surface area contributed by atoms with Crippen LogP contribution in [0.2, 0.25) is 0 Å². The largest absolute Gasteiger partial charge is 0.355 e. The predicted octanol–water partition coefficient (Wildman–Crippen LogP) is 4.90. The number of benzene rings is 1. The van der Waals surface area contributed by atoms with Gasteiger partial charge >= 0.3 is 0 Å². The maximum Gasteiger partial charge on any atom is 0.160 e. The van der Waals surface area contributed by atoms with Crippen molar-refractivity contribution in [2.75, 3.05) is 5.32 Å². The average Bonchev–Trinajstić information content (AvgIpc) is 2.42. The molecule has 0 atom stereocenters. The minimum absolute atomic E-state index is 0.109. The van der Waals surface area contributed by atoms with Gasteiger partial charge in [-0.05, 0) is 62.6 Å². The first-order valence-corrected chi connectivity index (χ1v) is 6.89. The SMILES string of the molecule is C=C(C)/C(=C\C=C/C)Nc1ccc(C(C)=O)c(CC)c1. The number of Topliss-reactive ketones (excluding diaryl/α,β-unsaturated/α-hetero) is 1. The maximum atomic E-state index is 11.6. The lowest BCUT2D eigenvalue weighted by Gasteiger charge is -2.13. The lowest BCUT2D eigenvalue weighted by atomic mass is 10.0. The van der Waals surface area contributed by atoms with Crippen molar-refractivity contribution < 1.29 is 4.79 Å². The minimum Gasteiger partial charge on any atom is -0.355 e. The van der Waals surface area contributed by atoms with Gasteiger partial charge in [-0.3, -0.25) is 4.79 Å². The van der Waals surface area contributed by atoms with Crippen molar-refractivity contribution in [3.8, 4) is 0 Å². The number of nitrogens with one attached hydrogen (secondary N) is 1. The van der Waals surface area contributed by atoms with Gasteiger partial charge in [-0.25, -0.2) is 0 Å². The van der Waals surface area contributed by atoms with Crippen molar-refractivity contribution in [1.29, 1.82) is 0 Å². The molecule has 20 heavy (non-hydrogen) atoms. The van der Waals surface area contributed by atoms with Gasteiger partial charge in [0.1, 0.15) is 0 Å². The standard InChI is InChI=1S/C18H23NO/c1-6-8-9-18(13(3)4)19-16-10-11-17(14(5)20)15(7-2)12-16/h6,8-12,19H,3,7H2,1-2,4-5H3/b8-6-,18-9+. The van der Waals surface area contributed by atoms with E-state index in [1.807, 2.05) is 50.3 Å². The maximum absolute atomic E-state index is 11.6. The highest BCUT2D eigenvalue weighted by Crippen LogP contribution is 2.20. The Hall–Kier alpha value is -2.09. The molecule has 1 aromatic carbocycles. The lowest BCUT2D eigenvalue weighted by Crippen LogP contribution is -2.03. The van der Waals surface area contributed by atoms with Crippen molar-refractivity contribution >= 4 is 11.5 Å². The zero-order valence-electron chi connectivity index (χ0n) is 12.8. The van der Waals surface area contributed by atoms with E-state index in [0.29, 0.717) is 0 Å². The number of allylic oxidation sites excluding steroid dienone is 4. The number of carbonyl (C=O) groups is 1. The minimum atomic E-state index is 0.109. The number of ketones is 1. The van der Waals surface area contributed by atoms with E-state index in [1.54, 1.807) is 6.92 Å². The molecule has 0 spiro atoms. The Bertz CT molecular complexity index is 565. The summed E-state index contributed by atoms with van der Waals surface area (Å²) >= 11 is 0. The lowest BCUT2D eigenvalue weighted by molar-refractivity contribution is 0.101. The Kier molecular flexibility index (Phi) is 5.98. The van der Waals surface area contributed by atoms with E-state index in [9.17, 15) is 4.79 Å². The number of hydrogen-bond donors (Lipinski definition) is 1. The van der Waals surface area contributed by atoms with Gasteiger partial charge in [0.05, 0.1) is 0 Å². The summed E-state index contributed by atoms with van der Waals surface area (Å²) in [5, 5.41) is 3.35. The Morgan fingerprint density at radius 3 is 2.55 bits per heavy atom. The zero-order valence-corrected chi connectivity index (χ0v) is 12.8. The molecule has 0 saturated heterocycles. The monoisotopic (exact) mass is 269 g/mol. The van der Waals surface area contributed by atoms with Crippen molar-refractivity contribution in [3.05, 3.63) is 65.4 Å². The summed E-state index contributed by atoms with van der Waals surface area (Å²) in [5.41, 5.74) is 4.78. The molecule has 0 saturated carbocycles. The second-order valence-corrected chi connectivity index (χ2v) is 4.79. The molecule has 0 bridgehead atoms. The van der Waals surface area contributed by atoms with Gasteiger partial charge in [0.15, 0.2) is 5.78 Å². The second kappa shape index (κ2) is 7.49. The van der Waals surface area contributed by atoms with Crippen LogP contribution in [0, 0.1) is 0 Å². The number of hydrogen-bond acceptors (Lipinski definition) is 2. The van der Waals surface area contributed by atoms with Crippen LogP contribution in [0.25, 0.3) is 0 Å². The summed E-state index contributed by atoms with van der Waals surface area (Å²) in [6, 6.07) is 5.85. The third-order valence-corrected chi connectivity index (χ3v) is 3.06. The molecule has 0 unspecified atom stereocenters. The Labute approximate surface area is 121 Å². The highest BCUT2D eigenvalue weighted by Gasteiger charge is 2.07. The first kappa shape index (κ1) is 16.0. The molecule has 0 aromatic heterocycles. The van der Waals surface area contributed by atoms with Crippen LogP contribution >= 0.6 is 0 Å². The molecule has 1 rings (SSSR count). The zero-order chi connectivity index (χ0) is 15.1. The molecule has 0 amide bonds. The van der Waals surface area contributed by atoms with Gasteiger partial charge in [-0.2, -0.15) is 0 Å². The summed E-state index contributed by atoms with van der Waals surface area (Å²) in [6.07, 6.45) is 6.78. The summed E-state index contributed by atoms with van der Waals surface area (Å²) in [4.78, 5) is 11.6. The fraction of sp³-hybridized carbons (Fsp3) is 0.278. The number of anilines is 1. The van der Waals surface area contributed by atoms with Crippen LogP contribution in [0.4, 0.5) is 5.69 Å². The summed E-state index contributed by atoms with van der Waals surface area (Å²) < 4.78 is 0. The molecule has 2 heteroatoms. The fourth-order valence-corrected chi connectivity index (χ4v) is 1.95. The van der Waals surface area contributed by atoms with Crippen molar-refractivity contribution in [2.45, 2.75) is 34.1 Å². The Morgan fingerprint density at radius 2 is 2.05 bits per heavy atom. The Balaban J connectivity index is 3.09. The van der Waals surface area contributed by atoms with E-state index in [4.69, 9.17) is 0 Å². The van der Waals surface area contributed by atoms with Gasteiger partial charge in [0.2, 0.25) is 0 Å². The molecule has 2 nitrogen and oxygen atoms in total. The van der Waals surface area contributed by atoms with Crippen molar-refractivity contribution in [1.82, 2.24) is 0 Å². The number of rotatable bonds is 6. The van der Waals surface area contributed by atoms with Crippen LogP contribution in [0.1, 0.15) is 43.6 Å². The summed E-state index contributed by atoms with van der Waals surface area (Å²) in [5.74, 6) is 0.109. The molecule has 1 aromatic rings. The van der Waals surface area contributed by atoms with Gasteiger partial charge < -0.3 is 5.32 Å². The van der Waals surface area contributed by atoms with Crippen LogP contribution in [-0.2, 0) is 6.42 Å². The fourth-order valence-electron chi connectivity index (χ4n) is 1.95. The van der Waals surface area contributed by atoms with Gasteiger partial charge in [0.25, 0.3) is 0 Å². The highest BCUT2D eigenvalue weighted by atomic mass is 16.1. The van der Waals surface area contributed by atoms with Crippen LogP contribution in [-0.4, -0.2) is 5.78 Å². The summed E-state index contributed by atoms with van der Waals surface area (Å²) in [6.45, 7) is 11.6. The first-order chi connectivity index (χ1) is 9.49. The van der Waals surface area contributed by atoms with Crippen LogP contribution < -0.4 is 5.32 Å².